The van der Waals surface area contributed by atoms with Gasteiger partial charge in [0, 0.05) is 12.1 Å². The Bertz CT molecular complexity index is 731. The number of hydrogen-bond acceptors (Lipinski definition) is 3. The highest BCUT2D eigenvalue weighted by molar-refractivity contribution is 7.98. The molecule has 0 saturated heterocycles. The molecule has 5 aliphatic rings. The highest BCUT2D eigenvalue weighted by atomic mass is 32.2. The fraction of sp³-hybridized carbons (Fsp3) is 0.708. The molecule has 5 saturated carbocycles. The summed E-state index contributed by atoms with van der Waals surface area (Å²) < 4.78 is 0. The standard InChI is InChI=1S/C24H34N2OS/c1-28-14-20-16-11-23(17-5-3-2-4-6-17)13-21(20)24(12-16,15-23)22(27)26-19-9-7-18(25)8-10-19/h2-6,16,18-21H,7-15,25H2,1H3,(H,26,27). The Morgan fingerprint density at radius 1 is 1.14 bits per heavy atom. The van der Waals surface area contributed by atoms with Crippen LogP contribution in [0.2, 0.25) is 0 Å². The van der Waals surface area contributed by atoms with Gasteiger partial charge in [-0.05, 0) is 92.1 Å². The fourth-order valence-corrected chi connectivity index (χ4v) is 8.43. The Morgan fingerprint density at radius 3 is 2.61 bits per heavy atom. The molecule has 5 fully saturated rings. The maximum atomic E-state index is 13.7. The molecule has 28 heavy (non-hydrogen) atoms. The summed E-state index contributed by atoms with van der Waals surface area (Å²) >= 11 is 1.97. The zero-order valence-corrected chi connectivity index (χ0v) is 17.8. The zero-order chi connectivity index (χ0) is 19.4. The van der Waals surface area contributed by atoms with Crippen molar-refractivity contribution in [3.8, 4) is 0 Å². The average molecular weight is 399 g/mol. The Labute approximate surface area is 173 Å². The monoisotopic (exact) mass is 398 g/mol. The van der Waals surface area contributed by atoms with Crippen molar-refractivity contribution in [2.75, 3.05) is 12.0 Å². The number of carbonyl (C=O) groups excluding carboxylic acids is 1. The van der Waals surface area contributed by atoms with Crippen molar-refractivity contribution in [3.05, 3.63) is 35.9 Å². The number of carbonyl (C=O) groups is 1. The Hall–Kier alpha value is -1.00. The molecule has 3 nitrogen and oxygen atoms in total. The maximum absolute atomic E-state index is 13.7. The minimum Gasteiger partial charge on any atom is -0.353 e. The van der Waals surface area contributed by atoms with Gasteiger partial charge in [-0.1, -0.05) is 30.3 Å². The predicted molar refractivity (Wildman–Crippen MR) is 116 cm³/mol. The molecule has 0 heterocycles. The van der Waals surface area contributed by atoms with Crippen LogP contribution in [-0.2, 0) is 10.2 Å². The lowest BCUT2D eigenvalue weighted by atomic mass is 9.62. The van der Waals surface area contributed by atoms with Crippen molar-refractivity contribution >= 4 is 17.7 Å². The summed E-state index contributed by atoms with van der Waals surface area (Å²) in [6, 6.07) is 11.8. The number of amides is 1. The maximum Gasteiger partial charge on any atom is 0.226 e. The van der Waals surface area contributed by atoms with Crippen molar-refractivity contribution in [2.24, 2.45) is 28.9 Å². The molecule has 4 heteroatoms. The molecule has 1 amide bonds. The second kappa shape index (κ2) is 7.05. The first kappa shape index (κ1) is 19.0. The molecule has 0 radical (unpaired) electrons. The molecule has 152 valence electrons. The van der Waals surface area contributed by atoms with Gasteiger partial charge in [-0.25, -0.2) is 0 Å². The Kier molecular flexibility index (Phi) is 4.78. The number of nitrogens with two attached hydrogens (primary N) is 1. The van der Waals surface area contributed by atoms with Gasteiger partial charge < -0.3 is 11.1 Å². The van der Waals surface area contributed by atoms with E-state index in [2.05, 4.69) is 41.9 Å². The summed E-state index contributed by atoms with van der Waals surface area (Å²) in [5.41, 5.74) is 7.66. The molecule has 0 aromatic heterocycles. The van der Waals surface area contributed by atoms with E-state index in [0.717, 1.165) is 44.4 Å². The van der Waals surface area contributed by atoms with E-state index < -0.39 is 0 Å². The van der Waals surface area contributed by atoms with E-state index in [1.54, 1.807) is 0 Å². The molecule has 0 spiro atoms. The van der Waals surface area contributed by atoms with E-state index in [-0.39, 0.29) is 10.8 Å². The highest BCUT2D eigenvalue weighted by Crippen LogP contribution is 2.73. The summed E-state index contributed by atoms with van der Waals surface area (Å²) in [6.45, 7) is 0. The van der Waals surface area contributed by atoms with E-state index in [1.807, 2.05) is 11.8 Å². The quantitative estimate of drug-likeness (QED) is 0.785. The number of rotatable bonds is 5. The van der Waals surface area contributed by atoms with Crippen LogP contribution in [0.5, 0.6) is 0 Å². The van der Waals surface area contributed by atoms with Gasteiger partial charge in [0.25, 0.3) is 0 Å². The Balaban J connectivity index is 1.42. The number of benzene rings is 1. The average Bonchev–Trinajstić information content (AvgIpc) is 3.08. The Morgan fingerprint density at radius 2 is 1.89 bits per heavy atom. The predicted octanol–water partition coefficient (Wildman–Crippen LogP) is 4.11. The molecule has 5 atom stereocenters. The third kappa shape index (κ3) is 2.86. The first-order chi connectivity index (χ1) is 13.6. The smallest absolute Gasteiger partial charge is 0.226 e. The van der Waals surface area contributed by atoms with Crippen molar-refractivity contribution in [1.82, 2.24) is 5.32 Å². The van der Waals surface area contributed by atoms with Gasteiger partial charge in [0.2, 0.25) is 5.91 Å². The summed E-state index contributed by atoms with van der Waals surface area (Å²) in [7, 11) is 0. The number of nitrogens with one attached hydrogen (secondary N) is 1. The first-order valence-electron chi connectivity index (χ1n) is 11.2. The second-order valence-electron chi connectivity index (χ2n) is 10.2. The molecular formula is C24H34N2OS. The van der Waals surface area contributed by atoms with Crippen LogP contribution in [0.15, 0.2) is 30.3 Å². The molecular weight excluding hydrogens is 364 g/mol. The van der Waals surface area contributed by atoms with Gasteiger partial charge in [0.15, 0.2) is 0 Å². The third-order valence-electron chi connectivity index (χ3n) is 8.68. The molecule has 5 aliphatic carbocycles. The van der Waals surface area contributed by atoms with Gasteiger partial charge in [0.05, 0.1) is 5.41 Å². The minimum atomic E-state index is -0.126. The van der Waals surface area contributed by atoms with Crippen molar-refractivity contribution in [1.29, 1.82) is 0 Å². The summed E-state index contributed by atoms with van der Waals surface area (Å²) in [6.07, 6.45) is 11.1. The lowest BCUT2D eigenvalue weighted by Gasteiger charge is -2.43. The molecule has 1 aromatic carbocycles. The van der Waals surface area contributed by atoms with Gasteiger partial charge in [-0.3, -0.25) is 4.79 Å². The van der Waals surface area contributed by atoms with Crippen LogP contribution >= 0.6 is 11.8 Å². The van der Waals surface area contributed by atoms with Crippen molar-refractivity contribution < 1.29 is 4.79 Å². The van der Waals surface area contributed by atoms with Crippen molar-refractivity contribution in [2.45, 2.75) is 68.9 Å². The van der Waals surface area contributed by atoms with Crippen LogP contribution in [-0.4, -0.2) is 30.0 Å². The molecule has 0 aliphatic heterocycles. The van der Waals surface area contributed by atoms with Crippen molar-refractivity contribution in [3.63, 3.8) is 0 Å². The zero-order valence-electron chi connectivity index (χ0n) is 17.0. The van der Waals surface area contributed by atoms with Crippen LogP contribution in [0.1, 0.15) is 56.9 Å². The van der Waals surface area contributed by atoms with E-state index in [9.17, 15) is 4.79 Å². The second-order valence-corrected chi connectivity index (χ2v) is 11.1. The van der Waals surface area contributed by atoms with E-state index in [1.165, 1.54) is 24.2 Å². The molecule has 1 aromatic rings. The largest absolute Gasteiger partial charge is 0.353 e. The van der Waals surface area contributed by atoms with Crippen LogP contribution in [0.3, 0.4) is 0 Å². The normalized spacial score (nSPS) is 44.0. The third-order valence-corrected chi connectivity index (χ3v) is 9.40. The van der Waals surface area contributed by atoms with Crippen LogP contribution in [0, 0.1) is 23.2 Å². The molecule has 5 unspecified atom stereocenters. The highest BCUT2D eigenvalue weighted by Gasteiger charge is 2.70. The van der Waals surface area contributed by atoms with Gasteiger partial charge in [0.1, 0.15) is 0 Å². The lowest BCUT2D eigenvalue weighted by molar-refractivity contribution is -0.134. The summed E-state index contributed by atoms with van der Waals surface area (Å²) in [5, 5.41) is 3.51. The summed E-state index contributed by atoms with van der Waals surface area (Å²) in [4.78, 5) is 13.7. The summed E-state index contributed by atoms with van der Waals surface area (Å²) in [5.74, 6) is 3.59. The number of thioether (sulfide) groups is 1. The van der Waals surface area contributed by atoms with E-state index >= 15 is 0 Å². The van der Waals surface area contributed by atoms with Crippen LogP contribution < -0.4 is 11.1 Å². The van der Waals surface area contributed by atoms with Crippen LogP contribution in [0.25, 0.3) is 0 Å². The molecule has 4 bridgehead atoms. The SMILES string of the molecule is CSCC1C2CC3(c4ccccc4)CC1C(C(=O)NC1CCC(N)CC1)(C2)C3. The van der Waals surface area contributed by atoms with Gasteiger partial charge in [-0.2, -0.15) is 11.8 Å². The molecule has 3 N–H and O–H groups in total. The fourth-order valence-electron chi connectivity index (χ4n) is 7.55. The van der Waals surface area contributed by atoms with E-state index in [0.29, 0.717) is 29.8 Å². The first-order valence-corrected chi connectivity index (χ1v) is 12.6. The number of hydrogen-bond donors (Lipinski definition) is 2. The van der Waals surface area contributed by atoms with Crippen LogP contribution in [0.4, 0.5) is 0 Å². The minimum absolute atomic E-state index is 0.126. The molecule has 6 rings (SSSR count). The lowest BCUT2D eigenvalue weighted by Crippen LogP contribution is -2.49. The topological polar surface area (TPSA) is 55.1 Å². The van der Waals surface area contributed by atoms with Gasteiger partial charge in [-0.15, -0.1) is 0 Å². The van der Waals surface area contributed by atoms with E-state index in [4.69, 9.17) is 5.73 Å². The van der Waals surface area contributed by atoms with Gasteiger partial charge >= 0.3 is 0 Å².